The molecule has 0 spiro atoms. The summed E-state index contributed by atoms with van der Waals surface area (Å²) in [5.74, 6) is -0.396. The van der Waals surface area contributed by atoms with Crippen molar-refractivity contribution in [3.63, 3.8) is 0 Å². The van der Waals surface area contributed by atoms with Gasteiger partial charge in [0.05, 0.1) is 6.61 Å². The van der Waals surface area contributed by atoms with Gasteiger partial charge in [-0.05, 0) is 51.8 Å². The van der Waals surface area contributed by atoms with E-state index in [1.54, 1.807) is 18.2 Å². The summed E-state index contributed by atoms with van der Waals surface area (Å²) < 4.78 is 10.7. The first-order chi connectivity index (χ1) is 10.8. The molecule has 2 rings (SSSR count). The Morgan fingerprint density at radius 2 is 2.00 bits per heavy atom. The van der Waals surface area contributed by atoms with Crippen LogP contribution in [0, 0.1) is 0 Å². The van der Waals surface area contributed by atoms with Crippen LogP contribution in [0.15, 0.2) is 18.2 Å². The third-order valence-corrected chi connectivity index (χ3v) is 3.99. The summed E-state index contributed by atoms with van der Waals surface area (Å²) in [6.45, 7) is 6.63. The van der Waals surface area contributed by atoms with Gasteiger partial charge in [-0.25, -0.2) is 4.79 Å². The van der Waals surface area contributed by atoms with Crippen molar-refractivity contribution in [2.75, 3.05) is 19.8 Å². The van der Waals surface area contributed by atoms with Crippen LogP contribution < -0.4 is 9.47 Å². The maximum atomic E-state index is 12.7. The average Bonchev–Trinajstić information content (AvgIpc) is 2.84. The van der Waals surface area contributed by atoms with E-state index in [0.717, 1.165) is 19.4 Å². The van der Waals surface area contributed by atoms with Crippen LogP contribution in [0.4, 0.5) is 0 Å². The molecule has 1 aromatic rings. The van der Waals surface area contributed by atoms with Crippen LogP contribution in [0.2, 0.25) is 0 Å². The number of aliphatic carboxylic acids is 1. The van der Waals surface area contributed by atoms with Crippen molar-refractivity contribution >= 4 is 11.9 Å². The molecule has 1 aliphatic heterocycles. The molecule has 0 aliphatic carbocycles. The zero-order valence-corrected chi connectivity index (χ0v) is 13.8. The first-order valence-corrected chi connectivity index (χ1v) is 7.78. The van der Waals surface area contributed by atoms with E-state index in [9.17, 15) is 9.59 Å². The predicted molar refractivity (Wildman–Crippen MR) is 85.1 cm³/mol. The fraction of sp³-hybridized carbons (Fsp3) is 0.529. The molecular formula is C17H23NO5. The van der Waals surface area contributed by atoms with E-state index in [4.69, 9.17) is 14.6 Å². The quantitative estimate of drug-likeness (QED) is 0.871. The van der Waals surface area contributed by atoms with Crippen molar-refractivity contribution < 1.29 is 24.2 Å². The van der Waals surface area contributed by atoms with Crippen molar-refractivity contribution in [1.82, 2.24) is 4.90 Å². The number of hydrogen-bond donors (Lipinski definition) is 1. The van der Waals surface area contributed by atoms with Crippen LogP contribution in [0.5, 0.6) is 11.5 Å². The lowest BCUT2D eigenvalue weighted by Gasteiger charge is -2.31. The van der Waals surface area contributed by atoms with Crippen molar-refractivity contribution in [2.24, 2.45) is 0 Å². The van der Waals surface area contributed by atoms with Gasteiger partial charge < -0.3 is 19.5 Å². The molecule has 0 saturated carbocycles. The molecular weight excluding hydrogens is 298 g/mol. The number of carboxylic acids is 1. The number of nitrogens with zero attached hydrogens (tertiary/aromatic N) is 1. The Morgan fingerprint density at radius 3 is 2.57 bits per heavy atom. The maximum Gasteiger partial charge on any atom is 0.341 e. The number of carbonyl (C=O) groups excluding carboxylic acids is 1. The minimum Gasteiger partial charge on any atom is -0.490 e. The molecule has 0 atom stereocenters. The van der Waals surface area contributed by atoms with E-state index in [2.05, 4.69) is 13.8 Å². The Morgan fingerprint density at radius 1 is 1.26 bits per heavy atom. The largest absolute Gasteiger partial charge is 0.490 e. The number of likely N-dealkylation sites (tertiary alicyclic amines) is 1. The highest BCUT2D eigenvalue weighted by Gasteiger charge is 2.35. The zero-order chi connectivity index (χ0) is 17.0. The molecule has 1 fully saturated rings. The van der Waals surface area contributed by atoms with E-state index in [-0.39, 0.29) is 11.4 Å². The van der Waals surface area contributed by atoms with Crippen molar-refractivity contribution in [1.29, 1.82) is 0 Å². The van der Waals surface area contributed by atoms with E-state index in [0.29, 0.717) is 23.7 Å². The van der Waals surface area contributed by atoms with Crippen LogP contribution in [0.25, 0.3) is 0 Å². The summed E-state index contributed by atoms with van der Waals surface area (Å²) in [4.78, 5) is 25.2. The minimum absolute atomic E-state index is 0.0433. The topological polar surface area (TPSA) is 76.1 Å². The number of carboxylic acid groups (broad SMARTS) is 1. The lowest BCUT2D eigenvalue weighted by Crippen LogP contribution is -2.42. The van der Waals surface area contributed by atoms with E-state index < -0.39 is 12.6 Å². The Balaban J connectivity index is 2.24. The summed E-state index contributed by atoms with van der Waals surface area (Å²) in [5, 5.41) is 8.71. The first kappa shape index (κ1) is 17.1. The van der Waals surface area contributed by atoms with Gasteiger partial charge in [-0.1, -0.05) is 0 Å². The average molecular weight is 321 g/mol. The molecule has 1 N–H and O–H groups in total. The van der Waals surface area contributed by atoms with Gasteiger partial charge >= 0.3 is 5.97 Å². The van der Waals surface area contributed by atoms with E-state index >= 15 is 0 Å². The van der Waals surface area contributed by atoms with Crippen molar-refractivity contribution in [2.45, 2.75) is 39.2 Å². The van der Waals surface area contributed by atoms with Crippen molar-refractivity contribution in [3.05, 3.63) is 23.8 Å². The zero-order valence-electron chi connectivity index (χ0n) is 13.8. The van der Waals surface area contributed by atoms with Gasteiger partial charge in [0.15, 0.2) is 18.1 Å². The van der Waals surface area contributed by atoms with Gasteiger partial charge in [-0.15, -0.1) is 0 Å². The van der Waals surface area contributed by atoms with Crippen LogP contribution in [0.1, 0.15) is 44.0 Å². The third kappa shape index (κ3) is 3.94. The predicted octanol–water partition coefficient (Wildman–Crippen LogP) is 2.56. The fourth-order valence-corrected chi connectivity index (χ4v) is 2.81. The van der Waals surface area contributed by atoms with Gasteiger partial charge in [-0.3, -0.25) is 4.79 Å². The monoisotopic (exact) mass is 321 g/mol. The standard InChI is InChI=1S/C17H23NO5/c1-4-22-14-10-12(6-7-13(14)23-11-15(19)20)16(21)18-9-5-8-17(18,2)3/h6-7,10H,4-5,8-9,11H2,1-3H3,(H,19,20). The highest BCUT2D eigenvalue weighted by molar-refractivity contribution is 5.95. The molecule has 126 valence electrons. The molecule has 1 aromatic carbocycles. The van der Waals surface area contributed by atoms with Crippen LogP contribution in [-0.4, -0.2) is 47.2 Å². The van der Waals surface area contributed by atoms with Gasteiger partial charge in [-0.2, -0.15) is 0 Å². The molecule has 1 heterocycles. The maximum absolute atomic E-state index is 12.7. The second-order valence-corrected chi connectivity index (χ2v) is 6.15. The summed E-state index contributed by atoms with van der Waals surface area (Å²) in [6, 6.07) is 4.86. The number of hydrogen-bond acceptors (Lipinski definition) is 4. The Bertz CT molecular complexity index is 597. The lowest BCUT2D eigenvalue weighted by atomic mass is 10.0. The number of rotatable bonds is 6. The molecule has 1 aliphatic rings. The van der Waals surface area contributed by atoms with Gasteiger partial charge in [0.2, 0.25) is 0 Å². The van der Waals surface area contributed by atoms with Crippen LogP contribution in [-0.2, 0) is 4.79 Å². The summed E-state index contributed by atoms with van der Waals surface area (Å²) in [5.41, 5.74) is 0.368. The Hall–Kier alpha value is -2.24. The third-order valence-electron chi connectivity index (χ3n) is 3.99. The van der Waals surface area contributed by atoms with Gasteiger partial charge in [0.25, 0.3) is 5.91 Å². The highest BCUT2D eigenvalue weighted by atomic mass is 16.5. The summed E-state index contributed by atoms with van der Waals surface area (Å²) in [6.07, 6.45) is 1.98. The first-order valence-electron chi connectivity index (χ1n) is 7.78. The number of amides is 1. The molecule has 0 aromatic heterocycles. The molecule has 6 heteroatoms. The van der Waals surface area contributed by atoms with E-state index in [1.165, 1.54) is 0 Å². The van der Waals surface area contributed by atoms with Gasteiger partial charge in [0, 0.05) is 17.6 Å². The highest BCUT2D eigenvalue weighted by Crippen LogP contribution is 2.33. The molecule has 23 heavy (non-hydrogen) atoms. The molecule has 6 nitrogen and oxygen atoms in total. The molecule has 1 saturated heterocycles. The molecule has 1 amide bonds. The molecule has 0 bridgehead atoms. The normalized spacial score (nSPS) is 16.2. The van der Waals surface area contributed by atoms with Crippen molar-refractivity contribution in [3.8, 4) is 11.5 Å². The smallest absolute Gasteiger partial charge is 0.341 e. The lowest BCUT2D eigenvalue weighted by molar-refractivity contribution is -0.139. The SMILES string of the molecule is CCOc1cc(C(=O)N2CCCC2(C)C)ccc1OCC(=O)O. The summed E-state index contributed by atoms with van der Waals surface area (Å²) >= 11 is 0. The van der Waals surface area contributed by atoms with Crippen LogP contribution in [0.3, 0.4) is 0 Å². The second-order valence-electron chi connectivity index (χ2n) is 6.15. The van der Waals surface area contributed by atoms with Crippen LogP contribution >= 0.6 is 0 Å². The number of carbonyl (C=O) groups is 2. The Labute approximate surface area is 136 Å². The number of benzene rings is 1. The van der Waals surface area contributed by atoms with E-state index in [1.807, 2.05) is 11.8 Å². The minimum atomic E-state index is -1.06. The second kappa shape index (κ2) is 6.89. The molecule has 0 radical (unpaired) electrons. The van der Waals surface area contributed by atoms with Gasteiger partial charge in [0.1, 0.15) is 0 Å². The Kier molecular flexibility index (Phi) is 5.13. The fourth-order valence-electron chi connectivity index (χ4n) is 2.81. The number of ether oxygens (including phenoxy) is 2. The summed E-state index contributed by atoms with van der Waals surface area (Å²) in [7, 11) is 0. The molecule has 0 unspecified atom stereocenters.